The summed E-state index contributed by atoms with van der Waals surface area (Å²) < 4.78 is 22.0. The zero-order valence-corrected chi connectivity index (χ0v) is 12.2. The highest BCUT2D eigenvalue weighted by molar-refractivity contribution is 7.93. The first kappa shape index (κ1) is 19.1. The van der Waals surface area contributed by atoms with Crippen LogP contribution < -0.4 is 11.1 Å². The number of nitrogens with one attached hydrogen (secondary N) is 1. The summed E-state index contributed by atoms with van der Waals surface area (Å²) in [6.07, 6.45) is 1.00. The molecule has 0 aromatic carbocycles. The van der Waals surface area contributed by atoms with E-state index in [1.165, 1.54) is 0 Å². The summed E-state index contributed by atoms with van der Waals surface area (Å²) in [5, 5.41) is 20.2. The van der Waals surface area contributed by atoms with Crippen LogP contribution in [0.1, 0.15) is 19.3 Å². The van der Waals surface area contributed by atoms with Crippen LogP contribution in [0.2, 0.25) is 0 Å². The van der Waals surface area contributed by atoms with Gasteiger partial charge >= 0.3 is 11.9 Å². The fourth-order valence-corrected chi connectivity index (χ4v) is 1.77. The van der Waals surface area contributed by atoms with Crippen LogP contribution >= 0.6 is 0 Å². The van der Waals surface area contributed by atoms with Crippen molar-refractivity contribution < 1.29 is 33.0 Å². The lowest BCUT2D eigenvalue weighted by Gasteiger charge is -2.16. The molecule has 0 rings (SSSR count). The number of carboxylic acids is 2. The van der Waals surface area contributed by atoms with Gasteiger partial charge in [0.05, 0.1) is 18.5 Å². The minimum atomic E-state index is -3.47. The Hall–Kier alpha value is -1.94. The molecule has 120 valence electrons. The van der Waals surface area contributed by atoms with E-state index in [4.69, 9.17) is 15.9 Å². The lowest BCUT2D eigenvalue weighted by molar-refractivity contribution is -0.138. The van der Waals surface area contributed by atoms with Crippen molar-refractivity contribution in [1.82, 2.24) is 5.32 Å². The average Bonchev–Trinajstić information content (AvgIpc) is 2.31. The maximum Gasteiger partial charge on any atom is 0.305 e. The van der Waals surface area contributed by atoms with E-state index >= 15 is 0 Å². The molecule has 10 heteroatoms. The maximum atomic E-state index is 11.7. The summed E-state index contributed by atoms with van der Waals surface area (Å²) in [7, 11) is -3.47. The normalized spacial score (nSPS) is 14.6. The molecule has 0 aliphatic rings. The first-order chi connectivity index (χ1) is 9.51. The molecule has 0 aliphatic heterocycles. The molecule has 0 heterocycles. The van der Waals surface area contributed by atoms with Gasteiger partial charge in [-0.05, 0) is 6.42 Å². The fourth-order valence-electron chi connectivity index (χ4n) is 1.29. The Labute approximate surface area is 121 Å². The van der Waals surface area contributed by atoms with Gasteiger partial charge in [-0.25, -0.2) is 8.42 Å². The van der Waals surface area contributed by atoms with Crippen LogP contribution in [-0.4, -0.2) is 54.8 Å². The van der Waals surface area contributed by atoms with Crippen molar-refractivity contribution in [2.24, 2.45) is 5.73 Å². The molecule has 0 saturated carbocycles. The topological polar surface area (TPSA) is 164 Å². The van der Waals surface area contributed by atoms with Crippen LogP contribution in [0.4, 0.5) is 0 Å². The van der Waals surface area contributed by atoms with Crippen LogP contribution in [-0.2, 0) is 24.2 Å². The number of carbonyl (C=O) groups is 3. The first-order valence-corrected chi connectivity index (χ1v) is 7.84. The summed E-state index contributed by atoms with van der Waals surface area (Å²) >= 11 is 0. The third kappa shape index (κ3) is 10.5. The lowest BCUT2D eigenvalue weighted by Crippen LogP contribution is -2.45. The van der Waals surface area contributed by atoms with Crippen LogP contribution in [0, 0.1) is 0 Å². The molecule has 2 atom stereocenters. The van der Waals surface area contributed by atoms with E-state index in [1.54, 1.807) is 0 Å². The zero-order chi connectivity index (χ0) is 16.6. The number of rotatable bonds is 9. The number of hydrogen-bond acceptors (Lipinski definition) is 6. The summed E-state index contributed by atoms with van der Waals surface area (Å²) in [5.74, 6) is -3.10. The smallest absolute Gasteiger partial charge is 0.305 e. The molecular weight excluding hydrogens is 304 g/mol. The Morgan fingerprint density at radius 1 is 1.24 bits per heavy atom. The molecule has 0 unspecified atom stereocenters. The van der Waals surface area contributed by atoms with Crippen molar-refractivity contribution in [3.63, 3.8) is 0 Å². The van der Waals surface area contributed by atoms with Crippen LogP contribution in [0.3, 0.4) is 0 Å². The molecule has 1 amide bonds. The van der Waals surface area contributed by atoms with Crippen molar-refractivity contribution in [2.45, 2.75) is 31.3 Å². The first-order valence-electron chi connectivity index (χ1n) is 5.89. The SMILES string of the molecule is CS(=O)(=O)/C=C/[C@H](CC(=O)O)NC(=O)[C@@H](N)CCC(=O)O. The number of carboxylic acid groups (broad SMARTS) is 2. The van der Waals surface area contributed by atoms with E-state index < -0.39 is 46.2 Å². The Morgan fingerprint density at radius 3 is 2.24 bits per heavy atom. The second-order valence-corrected chi connectivity index (χ2v) is 6.34. The number of hydrogen-bond donors (Lipinski definition) is 4. The van der Waals surface area contributed by atoms with Crippen LogP contribution in [0.15, 0.2) is 11.5 Å². The third-order valence-electron chi connectivity index (χ3n) is 2.29. The van der Waals surface area contributed by atoms with Gasteiger partial charge in [-0.1, -0.05) is 6.08 Å². The molecule has 0 fully saturated rings. The van der Waals surface area contributed by atoms with Gasteiger partial charge in [0.2, 0.25) is 5.91 Å². The minimum absolute atomic E-state index is 0.114. The number of amides is 1. The molecule has 0 radical (unpaired) electrons. The predicted octanol–water partition coefficient (Wildman–Crippen LogP) is -1.30. The highest BCUT2D eigenvalue weighted by Gasteiger charge is 2.19. The average molecular weight is 322 g/mol. The quantitative estimate of drug-likeness (QED) is 0.406. The van der Waals surface area contributed by atoms with Crippen molar-refractivity contribution in [3.8, 4) is 0 Å². The zero-order valence-electron chi connectivity index (χ0n) is 11.4. The van der Waals surface area contributed by atoms with Crippen molar-refractivity contribution in [2.75, 3.05) is 6.26 Å². The number of carbonyl (C=O) groups excluding carboxylic acids is 1. The van der Waals surface area contributed by atoms with E-state index in [-0.39, 0.29) is 12.8 Å². The summed E-state index contributed by atoms with van der Waals surface area (Å²) in [4.78, 5) is 32.7. The van der Waals surface area contributed by atoms with Crippen molar-refractivity contribution in [3.05, 3.63) is 11.5 Å². The molecule has 0 aromatic heterocycles. The highest BCUT2D eigenvalue weighted by atomic mass is 32.2. The second-order valence-electron chi connectivity index (χ2n) is 4.41. The van der Waals surface area contributed by atoms with E-state index in [2.05, 4.69) is 5.32 Å². The van der Waals surface area contributed by atoms with Gasteiger partial charge in [0.15, 0.2) is 9.84 Å². The summed E-state index contributed by atoms with van der Waals surface area (Å²) in [5.41, 5.74) is 5.46. The Morgan fingerprint density at radius 2 is 1.81 bits per heavy atom. The van der Waals surface area contributed by atoms with Crippen molar-refractivity contribution >= 4 is 27.7 Å². The molecule has 0 spiro atoms. The monoisotopic (exact) mass is 322 g/mol. The summed E-state index contributed by atoms with van der Waals surface area (Å²) in [6, 6.07) is -2.18. The van der Waals surface area contributed by atoms with Crippen molar-refractivity contribution in [1.29, 1.82) is 0 Å². The van der Waals surface area contributed by atoms with Gasteiger partial charge in [-0.2, -0.15) is 0 Å². The van der Waals surface area contributed by atoms with E-state index in [0.717, 1.165) is 17.7 Å². The van der Waals surface area contributed by atoms with Gasteiger partial charge < -0.3 is 21.3 Å². The molecule has 9 nitrogen and oxygen atoms in total. The third-order valence-corrected chi connectivity index (χ3v) is 2.94. The van der Waals surface area contributed by atoms with Gasteiger partial charge in [0.25, 0.3) is 0 Å². The maximum absolute atomic E-state index is 11.7. The molecule has 0 aliphatic carbocycles. The number of nitrogens with two attached hydrogens (primary N) is 1. The fraction of sp³-hybridized carbons (Fsp3) is 0.545. The van der Waals surface area contributed by atoms with Gasteiger partial charge in [0, 0.05) is 18.1 Å². The van der Waals surface area contributed by atoms with Gasteiger partial charge in [0.1, 0.15) is 0 Å². The highest BCUT2D eigenvalue weighted by Crippen LogP contribution is 2.01. The molecule has 5 N–H and O–H groups in total. The van der Waals surface area contributed by atoms with Crippen LogP contribution in [0.25, 0.3) is 0 Å². The molecular formula is C11H18N2O7S. The summed E-state index contributed by atoms with van der Waals surface area (Å²) in [6.45, 7) is 0. The van der Waals surface area contributed by atoms with E-state index in [1.807, 2.05) is 0 Å². The van der Waals surface area contributed by atoms with E-state index in [0.29, 0.717) is 0 Å². The standard InChI is InChI=1S/C11H18N2O7S/c1-21(19,20)5-4-7(6-10(16)17)13-11(18)8(12)2-3-9(14)15/h4-5,7-8H,2-3,6,12H2,1H3,(H,13,18)(H,14,15)(H,16,17)/b5-4+/t7-,8+/m1/s1. The van der Waals surface area contributed by atoms with E-state index in [9.17, 15) is 22.8 Å². The molecule has 21 heavy (non-hydrogen) atoms. The molecule has 0 aromatic rings. The Bertz CT molecular complexity index is 527. The number of sulfone groups is 1. The Balaban J connectivity index is 4.72. The van der Waals surface area contributed by atoms with Gasteiger partial charge in [-0.15, -0.1) is 0 Å². The largest absolute Gasteiger partial charge is 0.481 e. The molecule has 0 bridgehead atoms. The van der Waals surface area contributed by atoms with Crippen LogP contribution in [0.5, 0.6) is 0 Å². The minimum Gasteiger partial charge on any atom is -0.481 e. The molecule has 0 saturated heterocycles. The predicted molar refractivity (Wildman–Crippen MR) is 73.0 cm³/mol. The lowest BCUT2D eigenvalue weighted by atomic mass is 10.1. The number of aliphatic carboxylic acids is 2. The Kier molecular flexibility index (Phi) is 7.60. The van der Waals surface area contributed by atoms with Gasteiger partial charge in [-0.3, -0.25) is 14.4 Å². The second kappa shape index (κ2) is 8.37.